The lowest BCUT2D eigenvalue weighted by Crippen LogP contribution is -2.48. The summed E-state index contributed by atoms with van der Waals surface area (Å²) in [6.45, 7) is 3.51. The summed E-state index contributed by atoms with van der Waals surface area (Å²) in [4.78, 5) is 30.8. The third kappa shape index (κ3) is 3.54. The fourth-order valence-corrected chi connectivity index (χ4v) is 2.61. The Morgan fingerprint density at radius 2 is 1.91 bits per heavy atom. The van der Waals surface area contributed by atoms with Gasteiger partial charge in [0.05, 0.1) is 17.8 Å². The molecule has 120 valence electrons. The van der Waals surface area contributed by atoms with Crippen LogP contribution in [0.25, 0.3) is 0 Å². The van der Waals surface area contributed by atoms with E-state index in [4.69, 9.17) is 0 Å². The molecular formula is C15H17N5O3. The summed E-state index contributed by atoms with van der Waals surface area (Å²) < 4.78 is 1.38. The number of nitro groups is 1. The van der Waals surface area contributed by atoms with E-state index in [-0.39, 0.29) is 11.2 Å². The normalized spacial score (nSPS) is 15.6. The number of pyridine rings is 2. The molecule has 0 aliphatic carbocycles. The van der Waals surface area contributed by atoms with E-state index in [0.717, 1.165) is 32.0 Å². The van der Waals surface area contributed by atoms with E-state index in [9.17, 15) is 14.9 Å². The van der Waals surface area contributed by atoms with Crippen molar-refractivity contribution in [1.82, 2.24) is 14.5 Å². The van der Waals surface area contributed by atoms with Gasteiger partial charge in [-0.15, -0.1) is 0 Å². The number of piperazine rings is 1. The second-order valence-corrected chi connectivity index (χ2v) is 5.39. The molecule has 0 spiro atoms. The average Bonchev–Trinajstić information content (AvgIpc) is 2.58. The highest BCUT2D eigenvalue weighted by Crippen LogP contribution is 2.13. The summed E-state index contributed by atoms with van der Waals surface area (Å²) in [6, 6.07) is 8.28. The van der Waals surface area contributed by atoms with Gasteiger partial charge in [-0.05, 0) is 12.1 Å². The molecule has 1 fully saturated rings. The molecule has 1 aliphatic heterocycles. The third-order valence-corrected chi connectivity index (χ3v) is 3.88. The maximum atomic E-state index is 11.8. The van der Waals surface area contributed by atoms with Crippen molar-refractivity contribution in [2.24, 2.45) is 0 Å². The molecule has 0 unspecified atom stereocenters. The topological polar surface area (TPSA) is 84.5 Å². The molecule has 0 N–H and O–H groups in total. The summed E-state index contributed by atoms with van der Waals surface area (Å²) in [5.74, 6) is 0.944. The zero-order valence-electron chi connectivity index (χ0n) is 12.5. The molecule has 3 rings (SSSR count). The summed E-state index contributed by atoms with van der Waals surface area (Å²) in [7, 11) is 0. The van der Waals surface area contributed by atoms with Gasteiger partial charge in [0, 0.05) is 44.5 Å². The van der Waals surface area contributed by atoms with Crippen molar-refractivity contribution in [1.29, 1.82) is 0 Å². The number of aromatic nitrogens is 2. The van der Waals surface area contributed by atoms with Crippen LogP contribution in [0.1, 0.15) is 0 Å². The predicted molar refractivity (Wildman–Crippen MR) is 85.4 cm³/mol. The first-order valence-corrected chi connectivity index (χ1v) is 7.37. The number of hydrogen-bond acceptors (Lipinski definition) is 6. The Morgan fingerprint density at radius 1 is 1.13 bits per heavy atom. The zero-order chi connectivity index (χ0) is 16.2. The lowest BCUT2D eigenvalue weighted by atomic mass is 10.3. The van der Waals surface area contributed by atoms with Crippen LogP contribution in [0.4, 0.5) is 11.5 Å². The molecule has 0 amide bonds. The Labute approximate surface area is 132 Å². The van der Waals surface area contributed by atoms with E-state index >= 15 is 0 Å². The maximum absolute atomic E-state index is 11.8. The minimum absolute atomic E-state index is 0.0725. The number of hydrogen-bond donors (Lipinski definition) is 0. The molecular weight excluding hydrogens is 298 g/mol. The van der Waals surface area contributed by atoms with Gasteiger partial charge < -0.3 is 4.90 Å². The Morgan fingerprint density at radius 3 is 2.57 bits per heavy atom. The predicted octanol–water partition coefficient (Wildman–Crippen LogP) is 0.931. The van der Waals surface area contributed by atoms with Crippen LogP contribution in [0, 0.1) is 10.1 Å². The molecule has 0 atom stereocenters. The number of anilines is 1. The van der Waals surface area contributed by atoms with E-state index in [0.29, 0.717) is 6.67 Å². The van der Waals surface area contributed by atoms with Gasteiger partial charge in [-0.3, -0.25) is 24.4 Å². The Bertz CT molecular complexity index is 738. The Kier molecular flexibility index (Phi) is 4.33. The maximum Gasteiger partial charge on any atom is 0.285 e. The highest BCUT2D eigenvalue weighted by molar-refractivity contribution is 5.38. The van der Waals surface area contributed by atoms with Crippen molar-refractivity contribution in [3.8, 4) is 0 Å². The van der Waals surface area contributed by atoms with E-state index in [1.807, 2.05) is 18.2 Å². The lowest BCUT2D eigenvalue weighted by molar-refractivity contribution is -0.385. The fourth-order valence-electron chi connectivity index (χ4n) is 2.61. The van der Waals surface area contributed by atoms with E-state index in [1.165, 1.54) is 22.9 Å². The number of nitrogens with zero attached hydrogens (tertiary/aromatic N) is 5. The molecule has 3 heterocycles. The summed E-state index contributed by atoms with van der Waals surface area (Å²) in [5.41, 5.74) is -0.306. The Balaban J connectivity index is 1.64. The van der Waals surface area contributed by atoms with Gasteiger partial charge in [-0.2, -0.15) is 0 Å². The van der Waals surface area contributed by atoms with Crippen molar-refractivity contribution in [3.63, 3.8) is 0 Å². The van der Waals surface area contributed by atoms with E-state index < -0.39 is 4.92 Å². The van der Waals surface area contributed by atoms with Gasteiger partial charge in [0.1, 0.15) is 5.82 Å². The third-order valence-electron chi connectivity index (χ3n) is 3.88. The van der Waals surface area contributed by atoms with Crippen LogP contribution in [-0.4, -0.2) is 45.6 Å². The van der Waals surface area contributed by atoms with Gasteiger partial charge in [0.2, 0.25) is 0 Å². The molecule has 23 heavy (non-hydrogen) atoms. The van der Waals surface area contributed by atoms with Crippen LogP contribution < -0.4 is 10.5 Å². The van der Waals surface area contributed by atoms with Crippen LogP contribution in [-0.2, 0) is 6.67 Å². The molecule has 8 nitrogen and oxygen atoms in total. The molecule has 2 aromatic rings. The van der Waals surface area contributed by atoms with Crippen LogP contribution in [0.5, 0.6) is 0 Å². The highest BCUT2D eigenvalue weighted by atomic mass is 16.6. The summed E-state index contributed by atoms with van der Waals surface area (Å²) in [5, 5.41) is 10.8. The lowest BCUT2D eigenvalue weighted by Gasteiger charge is -2.35. The highest BCUT2D eigenvalue weighted by Gasteiger charge is 2.18. The summed E-state index contributed by atoms with van der Waals surface area (Å²) in [6.07, 6.45) is 3.07. The molecule has 0 bridgehead atoms. The first-order chi connectivity index (χ1) is 11.1. The van der Waals surface area contributed by atoms with Crippen molar-refractivity contribution in [3.05, 3.63) is 63.2 Å². The largest absolute Gasteiger partial charge is 0.354 e. The molecule has 8 heteroatoms. The van der Waals surface area contributed by atoms with Crippen molar-refractivity contribution >= 4 is 11.5 Å². The first kappa shape index (κ1) is 15.2. The van der Waals surface area contributed by atoms with Crippen molar-refractivity contribution < 1.29 is 4.92 Å². The van der Waals surface area contributed by atoms with E-state index in [1.54, 1.807) is 6.20 Å². The number of rotatable bonds is 4. The van der Waals surface area contributed by atoms with Crippen LogP contribution in [0.3, 0.4) is 0 Å². The molecule has 0 radical (unpaired) electrons. The van der Waals surface area contributed by atoms with Crippen LogP contribution in [0.2, 0.25) is 0 Å². The first-order valence-electron chi connectivity index (χ1n) is 7.37. The van der Waals surface area contributed by atoms with Crippen LogP contribution >= 0.6 is 0 Å². The van der Waals surface area contributed by atoms with Gasteiger partial charge in [0.25, 0.3) is 11.2 Å². The Hall–Kier alpha value is -2.74. The smallest absolute Gasteiger partial charge is 0.285 e. The van der Waals surface area contributed by atoms with Gasteiger partial charge in [-0.1, -0.05) is 6.07 Å². The molecule has 1 aliphatic rings. The molecule has 1 saturated heterocycles. The molecule has 2 aromatic heterocycles. The van der Waals surface area contributed by atoms with Gasteiger partial charge >= 0.3 is 0 Å². The molecule has 0 saturated carbocycles. The van der Waals surface area contributed by atoms with Gasteiger partial charge in [-0.25, -0.2) is 4.98 Å². The average molecular weight is 315 g/mol. The monoisotopic (exact) mass is 315 g/mol. The quantitative estimate of drug-likeness (QED) is 0.616. The minimum Gasteiger partial charge on any atom is -0.354 e. The fraction of sp³-hybridized carbons (Fsp3) is 0.333. The SMILES string of the molecule is O=c1ccc([N+](=O)[O-])cn1CN1CCN(c2ccccn2)CC1. The molecule has 0 aromatic carbocycles. The van der Waals surface area contributed by atoms with E-state index in [2.05, 4.69) is 14.8 Å². The summed E-state index contributed by atoms with van der Waals surface area (Å²) >= 11 is 0. The van der Waals surface area contributed by atoms with Crippen LogP contribution in [0.15, 0.2) is 47.5 Å². The van der Waals surface area contributed by atoms with Crippen molar-refractivity contribution in [2.75, 3.05) is 31.1 Å². The van der Waals surface area contributed by atoms with Crippen molar-refractivity contribution in [2.45, 2.75) is 6.67 Å². The zero-order valence-corrected chi connectivity index (χ0v) is 12.5. The second-order valence-electron chi connectivity index (χ2n) is 5.39. The van der Waals surface area contributed by atoms with Gasteiger partial charge in [0.15, 0.2) is 0 Å². The second kappa shape index (κ2) is 6.57. The standard InChI is InChI=1S/C15H17N5O3/c21-15-5-4-13(20(22)23)11-19(15)12-17-7-9-18(10-8-17)14-3-1-2-6-16-14/h1-6,11H,7-10,12H2. The minimum atomic E-state index is -0.491.